The highest BCUT2D eigenvalue weighted by Crippen LogP contribution is 2.16. The molecule has 0 bridgehead atoms. The lowest BCUT2D eigenvalue weighted by atomic mass is 10.2. The van der Waals surface area contributed by atoms with Crippen LogP contribution in [-0.4, -0.2) is 77.0 Å². The number of ether oxygens (including phenoxy) is 1. The van der Waals surface area contributed by atoms with E-state index in [0.717, 1.165) is 18.4 Å². The zero-order valence-electron chi connectivity index (χ0n) is 18.3. The molecule has 0 aromatic carbocycles. The first-order valence-electron chi connectivity index (χ1n) is 9.25. The summed E-state index contributed by atoms with van der Waals surface area (Å²) in [4.78, 5) is 45.0. The average molecular weight is 461 g/mol. The van der Waals surface area contributed by atoms with E-state index in [0.29, 0.717) is 18.6 Å². The maximum absolute atomic E-state index is 11.3. The minimum absolute atomic E-state index is 0.0760. The van der Waals surface area contributed by atoms with Crippen molar-refractivity contribution >= 4 is 33.6 Å². The molecule has 31 heavy (non-hydrogen) atoms. The van der Waals surface area contributed by atoms with Crippen molar-refractivity contribution in [1.29, 1.82) is 0 Å². The van der Waals surface area contributed by atoms with Crippen molar-refractivity contribution in [3.63, 3.8) is 0 Å². The van der Waals surface area contributed by atoms with E-state index in [1.807, 2.05) is 0 Å². The Labute approximate surface area is 184 Å². The van der Waals surface area contributed by atoms with Crippen LogP contribution in [0.25, 0.3) is 0 Å². The lowest BCUT2D eigenvalue weighted by Gasteiger charge is -2.11. The third-order valence-corrected chi connectivity index (χ3v) is 4.78. The summed E-state index contributed by atoms with van der Waals surface area (Å²) >= 11 is 0. The molecule has 1 aliphatic rings. The van der Waals surface area contributed by atoms with E-state index in [-0.39, 0.29) is 48.6 Å². The van der Waals surface area contributed by atoms with Crippen LogP contribution in [0, 0.1) is 0 Å². The summed E-state index contributed by atoms with van der Waals surface area (Å²) < 4.78 is 29.4. The Balaban J connectivity index is 0. The summed E-state index contributed by atoms with van der Waals surface area (Å²) in [6.07, 6.45) is 4.18. The van der Waals surface area contributed by atoms with Crippen LogP contribution in [0.1, 0.15) is 25.7 Å². The number of likely N-dealkylation sites (tertiary alicyclic amines) is 1. The lowest BCUT2D eigenvalue weighted by Crippen LogP contribution is -2.33. The Bertz CT molecular complexity index is 759. The summed E-state index contributed by atoms with van der Waals surface area (Å²) in [6.45, 7) is 10.8. The molecule has 3 amide bonds. The molecule has 1 N–H and O–H groups in total. The fourth-order valence-corrected chi connectivity index (χ4v) is 2.35. The van der Waals surface area contributed by atoms with E-state index in [1.165, 1.54) is 19.2 Å². The lowest BCUT2D eigenvalue weighted by molar-refractivity contribution is -0.138. The minimum atomic E-state index is -3.29. The van der Waals surface area contributed by atoms with Crippen molar-refractivity contribution in [3.8, 4) is 0 Å². The van der Waals surface area contributed by atoms with Crippen molar-refractivity contribution in [2.75, 3.05) is 40.2 Å². The number of rotatable bonds is 11. The number of carbonyl (C=O) groups is 4. The quantitative estimate of drug-likeness (QED) is 0.157. The van der Waals surface area contributed by atoms with Crippen LogP contribution in [0.5, 0.6) is 0 Å². The molecule has 1 rings (SSSR count). The highest BCUT2D eigenvalue weighted by atomic mass is 32.2. The number of ketones is 1. The van der Waals surface area contributed by atoms with Gasteiger partial charge in [0.1, 0.15) is 0 Å². The zero-order chi connectivity index (χ0) is 24.4. The van der Waals surface area contributed by atoms with Crippen LogP contribution >= 0.6 is 0 Å². The molecule has 0 aliphatic carbocycles. The molecule has 0 unspecified atom stereocenters. The number of amides is 3. The van der Waals surface area contributed by atoms with Crippen molar-refractivity contribution in [2.24, 2.45) is 0 Å². The van der Waals surface area contributed by atoms with Gasteiger partial charge in [0.15, 0.2) is 5.78 Å². The molecule has 11 heteroatoms. The van der Waals surface area contributed by atoms with Crippen molar-refractivity contribution in [1.82, 2.24) is 10.2 Å². The summed E-state index contributed by atoms with van der Waals surface area (Å²) in [5.74, 6) is -0.860. The van der Waals surface area contributed by atoms with E-state index in [1.54, 1.807) is 7.11 Å². The zero-order valence-corrected chi connectivity index (χ0v) is 19.2. The summed E-state index contributed by atoms with van der Waals surface area (Å²) in [5, 5.41) is 2.42. The molecule has 1 aliphatic heterocycles. The SMILES string of the molecule is C=C1CC(=O)N(CCC(=O)NC)C1=O.C=CC(=O)CCCOC.C=CCS(=O)(=O)OC. The maximum atomic E-state index is 11.3. The molecule has 0 aromatic rings. The van der Waals surface area contributed by atoms with Gasteiger partial charge < -0.3 is 10.1 Å². The third-order valence-electron chi connectivity index (χ3n) is 3.63. The van der Waals surface area contributed by atoms with Gasteiger partial charge in [0.05, 0.1) is 19.3 Å². The first-order valence-corrected chi connectivity index (χ1v) is 10.8. The van der Waals surface area contributed by atoms with Crippen LogP contribution in [0.15, 0.2) is 37.5 Å². The number of hydrogen-bond acceptors (Lipinski definition) is 8. The fraction of sp³-hybridized carbons (Fsp3) is 0.500. The highest BCUT2D eigenvalue weighted by Gasteiger charge is 2.32. The number of methoxy groups -OCH3 is 1. The fourth-order valence-electron chi connectivity index (χ4n) is 1.93. The average Bonchev–Trinajstić information content (AvgIpc) is 2.98. The molecular weight excluding hydrogens is 428 g/mol. The van der Waals surface area contributed by atoms with Gasteiger partial charge in [-0.1, -0.05) is 19.2 Å². The second kappa shape index (κ2) is 17.1. The Hall–Kier alpha value is -2.63. The van der Waals surface area contributed by atoms with Gasteiger partial charge in [-0.2, -0.15) is 8.42 Å². The molecule has 176 valence electrons. The van der Waals surface area contributed by atoms with Crippen LogP contribution in [0.3, 0.4) is 0 Å². The van der Waals surface area contributed by atoms with Crippen molar-refractivity contribution in [2.45, 2.75) is 25.7 Å². The van der Waals surface area contributed by atoms with E-state index < -0.39 is 10.1 Å². The predicted molar refractivity (Wildman–Crippen MR) is 116 cm³/mol. The number of nitrogens with zero attached hydrogens (tertiary/aromatic N) is 1. The third kappa shape index (κ3) is 14.9. The smallest absolute Gasteiger partial charge is 0.270 e. The van der Waals surface area contributed by atoms with E-state index in [2.05, 4.69) is 29.2 Å². The number of carbonyl (C=O) groups excluding carboxylic acids is 4. The molecule has 1 saturated heterocycles. The standard InChI is InChI=1S/C9H12N2O3.C7H12O2.C4H8O3S/c1-6-5-8(13)11(9(6)14)4-3-7(12)10-2;1-3-7(8)5-4-6-9-2;1-3-4-8(5,6)7-2/h1,3-5H2,2H3,(H,10,12);3H,1,4-6H2,2H3;3H,1,4H2,2H3. The summed E-state index contributed by atoms with van der Waals surface area (Å²) in [7, 11) is 0.968. The summed E-state index contributed by atoms with van der Waals surface area (Å²) in [6, 6.07) is 0. The first-order chi connectivity index (χ1) is 14.5. The molecule has 10 nitrogen and oxygen atoms in total. The van der Waals surface area contributed by atoms with Gasteiger partial charge in [0.25, 0.3) is 16.0 Å². The van der Waals surface area contributed by atoms with Gasteiger partial charge >= 0.3 is 0 Å². The highest BCUT2D eigenvalue weighted by molar-refractivity contribution is 7.86. The van der Waals surface area contributed by atoms with E-state index >= 15 is 0 Å². The molecule has 0 aromatic heterocycles. The molecular formula is C20H32N2O8S. The second-order valence-electron chi connectivity index (χ2n) is 6.00. The van der Waals surface area contributed by atoms with Gasteiger partial charge in [-0.3, -0.25) is 28.3 Å². The van der Waals surface area contributed by atoms with Crippen LogP contribution in [0.2, 0.25) is 0 Å². The number of nitrogens with one attached hydrogen (secondary N) is 1. The van der Waals surface area contributed by atoms with E-state index in [4.69, 9.17) is 4.74 Å². The Morgan fingerprint density at radius 3 is 2.16 bits per heavy atom. The van der Waals surface area contributed by atoms with E-state index in [9.17, 15) is 27.6 Å². The van der Waals surface area contributed by atoms with Crippen LogP contribution < -0.4 is 5.32 Å². The van der Waals surface area contributed by atoms with Gasteiger partial charge in [0, 0.05) is 45.7 Å². The monoisotopic (exact) mass is 460 g/mol. The van der Waals surface area contributed by atoms with Gasteiger partial charge in [-0.15, -0.1) is 6.58 Å². The molecule has 0 atom stereocenters. The van der Waals surface area contributed by atoms with Gasteiger partial charge in [0.2, 0.25) is 11.8 Å². The number of hydrogen-bond donors (Lipinski definition) is 1. The summed E-state index contributed by atoms with van der Waals surface area (Å²) in [5.41, 5.74) is 0.298. The molecule has 0 radical (unpaired) electrons. The molecule has 1 fully saturated rings. The Morgan fingerprint density at radius 1 is 1.19 bits per heavy atom. The topological polar surface area (TPSA) is 136 Å². The van der Waals surface area contributed by atoms with Gasteiger partial charge in [-0.05, 0) is 12.5 Å². The Morgan fingerprint density at radius 2 is 1.81 bits per heavy atom. The largest absolute Gasteiger partial charge is 0.385 e. The predicted octanol–water partition coefficient (Wildman–Crippen LogP) is 0.754. The Kier molecular flexibility index (Phi) is 16.9. The normalized spacial score (nSPS) is 12.9. The van der Waals surface area contributed by atoms with Crippen molar-refractivity contribution < 1.29 is 36.5 Å². The second-order valence-corrected chi connectivity index (χ2v) is 7.78. The molecule has 1 heterocycles. The molecule has 0 saturated carbocycles. The first kappa shape index (κ1) is 30.6. The van der Waals surface area contributed by atoms with Gasteiger partial charge in [-0.25, -0.2) is 0 Å². The molecule has 0 spiro atoms. The van der Waals surface area contributed by atoms with Crippen molar-refractivity contribution in [3.05, 3.63) is 37.5 Å². The minimum Gasteiger partial charge on any atom is -0.385 e. The number of allylic oxidation sites excluding steroid dienone is 1. The number of imide groups is 1. The van der Waals surface area contributed by atoms with Crippen LogP contribution in [-0.2, 0) is 38.2 Å². The maximum Gasteiger partial charge on any atom is 0.270 e. The van der Waals surface area contributed by atoms with Crippen LogP contribution in [0.4, 0.5) is 0 Å².